The van der Waals surface area contributed by atoms with Crippen molar-refractivity contribution in [1.29, 1.82) is 0 Å². The molecular formula is C10H8N4OS2. The zero-order chi connectivity index (χ0) is 12.1. The summed E-state index contributed by atoms with van der Waals surface area (Å²) in [4.78, 5) is 12.6. The molecule has 0 atom stereocenters. The largest absolute Gasteiger partial charge is 0.320 e. The molecule has 0 bridgehead atoms. The van der Waals surface area contributed by atoms with Crippen LogP contribution in [0.15, 0.2) is 17.6 Å². The Hall–Kier alpha value is -1.75. The lowest BCUT2D eigenvalue weighted by molar-refractivity contribution is 0.102. The molecule has 17 heavy (non-hydrogen) atoms. The second kappa shape index (κ2) is 5.54. The van der Waals surface area contributed by atoms with E-state index < -0.39 is 0 Å². The summed E-state index contributed by atoms with van der Waals surface area (Å²) in [5, 5.41) is 8.71. The third kappa shape index (κ3) is 3.10. The number of carbonyl (C=O) groups excluding carboxylic acids is 1. The number of nitrogens with one attached hydrogen (secondary N) is 1. The molecule has 86 valence electrons. The van der Waals surface area contributed by atoms with Gasteiger partial charge in [0.1, 0.15) is 5.00 Å². The molecule has 0 spiro atoms. The van der Waals surface area contributed by atoms with Crippen LogP contribution in [0, 0.1) is 11.8 Å². The summed E-state index contributed by atoms with van der Waals surface area (Å²) in [6.07, 6.45) is 1.50. The van der Waals surface area contributed by atoms with Crippen molar-refractivity contribution < 1.29 is 4.79 Å². The van der Waals surface area contributed by atoms with Crippen LogP contribution in [0.5, 0.6) is 0 Å². The number of carbonyl (C=O) groups is 1. The lowest BCUT2D eigenvalue weighted by Crippen LogP contribution is -2.09. The number of rotatable bonds is 2. The van der Waals surface area contributed by atoms with Gasteiger partial charge < -0.3 is 11.1 Å². The monoisotopic (exact) mass is 264 g/mol. The fraction of sp³-hybridized carbons (Fsp3) is 0.100. The van der Waals surface area contributed by atoms with E-state index in [2.05, 4.69) is 26.7 Å². The zero-order valence-corrected chi connectivity index (χ0v) is 10.3. The second-order valence-corrected chi connectivity index (χ2v) is 4.64. The van der Waals surface area contributed by atoms with Crippen LogP contribution in [-0.4, -0.2) is 22.0 Å². The summed E-state index contributed by atoms with van der Waals surface area (Å²) in [6.45, 7) is 0.311. The maximum atomic E-state index is 11.8. The van der Waals surface area contributed by atoms with Gasteiger partial charge in [-0.25, -0.2) is 0 Å². The van der Waals surface area contributed by atoms with Gasteiger partial charge >= 0.3 is 0 Å². The molecule has 0 saturated heterocycles. The first-order valence-electron chi connectivity index (χ1n) is 4.66. The van der Waals surface area contributed by atoms with E-state index in [1.807, 2.05) is 0 Å². The van der Waals surface area contributed by atoms with E-state index in [0.717, 1.165) is 16.4 Å². The molecule has 0 radical (unpaired) electrons. The summed E-state index contributed by atoms with van der Waals surface area (Å²) < 4.78 is 3.66. The fourth-order valence-electron chi connectivity index (χ4n) is 1.07. The lowest BCUT2D eigenvalue weighted by Gasteiger charge is -1.96. The molecule has 0 aliphatic carbocycles. The van der Waals surface area contributed by atoms with Crippen LogP contribution in [0.3, 0.4) is 0 Å². The van der Waals surface area contributed by atoms with Gasteiger partial charge in [-0.3, -0.25) is 4.79 Å². The van der Waals surface area contributed by atoms with Crippen molar-refractivity contribution in [2.45, 2.75) is 0 Å². The van der Waals surface area contributed by atoms with Crippen molar-refractivity contribution in [2.24, 2.45) is 5.73 Å². The average molecular weight is 264 g/mol. The predicted molar refractivity (Wildman–Crippen MR) is 68.1 cm³/mol. The Morgan fingerprint density at radius 2 is 2.47 bits per heavy atom. The number of nitrogens with zero attached hydrogens (tertiary/aromatic N) is 2. The Kier molecular flexibility index (Phi) is 3.82. The molecule has 0 aliphatic heterocycles. The van der Waals surface area contributed by atoms with Gasteiger partial charge in [-0.1, -0.05) is 16.3 Å². The minimum atomic E-state index is -0.187. The molecule has 0 aromatic carbocycles. The van der Waals surface area contributed by atoms with Crippen molar-refractivity contribution in [1.82, 2.24) is 9.59 Å². The number of thiophene rings is 1. The maximum Gasteiger partial charge on any atom is 0.257 e. The first kappa shape index (κ1) is 11.7. The van der Waals surface area contributed by atoms with Crippen molar-refractivity contribution in [3.63, 3.8) is 0 Å². The van der Waals surface area contributed by atoms with Crippen molar-refractivity contribution in [3.8, 4) is 11.8 Å². The molecule has 3 N–H and O–H groups in total. The maximum absolute atomic E-state index is 11.8. The molecule has 1 amide bonds. The van der Waals surface area contributed by atoms with Gasteiger partial charge in [0, 0.05) is 16.9 Å². The van der Waals surface area contributed by atoms with Crippen LogP contribution >= 0.6 is 22.9 Å². The van der Waals surface area contributed by atoms with Crippen LogP contribution in [0.25, 0.3) is 0 Å². The van der Waals surface area contributed by atoms with E-state index in [1.54, 1.807) is 11.4 Å². The summed E-state index contributed by atoms with van der Waals surface area (Å²) in [5.41, 5.74) is 5.85. The van der Waals surface area contributed by atoms with E-state index in [0.29, 0.717) is 17.1 Å². The van der Waals surface area contributed by atoms with Crippen LogP contribution in [-0.2, 0) is 0 Å². The minimum absolute atomic E-state index is 0.187. The SMILES string of the molecule is NCC#Cc1cc(C(=O)Nc2cnns2)cs1. The van der Waals surface area contributed by atoms with Crippen LogP contribution < -0.4 is 11.1 Å². The quantitative estimate of drug-likeness (QED) is 0.798. The molecule has 2 aromatic rings. The van der Waals surface area contributed by atoms with Crippen molar-refractivity contribution in [3.05, 3.63) is 28.1 Å². The fourth-order valence-corrected chi connectivity index (χ4v) is 2.24. The highest BCUT2D eigenvalue weighted by Crippen LogP contribution is 2.16. The molecule has 2 rings (SSSR count). The highest BCUT2D eigenvalue weighted by molar-refractivity contribution is 7.11. The summed E-state index contributed by atoms with van der Waals surface area (Å²) in [7, 11) is 0. The lowest BCUT2D eigenvalue weighted by atomic mass is 10.3. The highest BCUT2D eigenvalue weighted by Gasteiger charge is 2.09. The van der Waals surface area contributed by atoms with E-state index >= 15 is 0 Å². The van der Waals surface area contributed by atoms with E-state index in [4.69, 9.17) is 5.73 Å². The third-order valence-corrected chi connectivity index (χ3v) is 3.20. The third-order valence-electron chi connectivity index (χ3n) is 1.77. The first-order chi connectivity index (χ1) is 8.29. The molecular weight excluding hydrogens is 256 g/mol. The van der Waals surface area contributed by atoms with Crippen LogP contribution in [0.2, 0.25) is 0 Å². The van der Waals surface area contributed by atoms with Crippen molar-refractivity contribution in [2.75, 3.05) is 11.9 Å². The Balaban J connectivity index is 2.07. The van der Waals surface area contributed by atoms with E-state index in [9.17, 15) is 4.79 Å². The molecule has 2 aromatic heterocycles. The predicted octanol–water partition coefficient (Wildman–Crippen LogP) is 1.16. The van der Waals surface area contributed by atoms with Gasteiger partial charge in [0.2, 0.25) is 0 Å². The standard InChI is InChI=1S/C10H8N4OS2/c11-3-1-2-8-4-7(6-16-8)10(15)13-9-5-12-14-17-9/h4-6H,3,11H2,(H,13,15). The molecule has 0 aliphatic rings. The molecule has 5 nitrogen and oxygen atoms in total. The second-order valence-electron chi connectivity index (χ2n) is 2.94. The van der Waals surface area contributed by atoms with Crippen LogP contribution in [0.1, 0.15) is 15.2 Å². The number of anilines is 1. The number of aromatic nitrogens is 2. The number of hydrogen-bond acceptors (Lipinski definition) is 6. The average Bonchev–Trinajstić information content (AvgIpc) is 2.96. The topological polar surface area (TPSA) is 80.9 Å². The Morgan fingerprint density at radius 3 is 3.18 bits per heavy atom. The molecule has 0 fully saturated rings. The van der Waals surface area contributed by atoms with E-state index in [-0.39, 0.29) is 5.91 Å². The zero-order valence-electron chi connectivity index (χ0n) is 8.64. The first-order valence-corrected chi connectivity index (χ1v) is 6.31. The van der Waals surface area contributed by atoms with Gasteiger partial charge in [-0.15, -0.1) is 16.4 Å². The highest BCUT2D eigenvalue weighted by atomic mass is 32.1. The summed E-state index contributed by atoms with van der Waals surface area (Å²) in [6, 6.07) is 1.73. The normalized spacial score (nSPS) is 9.47. The van der Waals surface area contributed by atoms with Gasteiger partial charge in [-0.05, 0) is 6.07 Å². The Labute approximate surface area is 106 Å². The Morgan fingerprint density at radius 1 is 1.59 bits per heavy atom. The van der Waals surface area contributed by atoms with Gasteiger partial charge in [0.05, 0.1) is 23.2 Å². The van der Waals surface area contributed by atoms with E-state index in [1.165, 1.54) is 17.5 Å². The molecule has 2 heterocycles. The minimum Gasteiger partial charge on any atom is -0.320 e. The summed E-state index contributed by atoms with van der Waals surface area (Å²) in [5.74, 6) is 5.43. The number of amides is 1. The molecule has 0 unspecified atom stereocenters. The van der Waals surface area contributed by atoms with Gasteiger partial charge in [0.15, 0.2) is 0 Å². The number of hydrogen-bond donors (Lipinski definition) is 2. The van der Waals surface area contributed by atoms with Gasteiger partial charge in [0.25, 0.3) is 5.91 Å². The Bertz CT molecular complexity index is 565. The summed E-state index contributed by atoms with van der Waals surface area (Å²) >= 11 is 2.55. The van der Waals surface area contributed by atoms with Crippen LogP contribution in [0.4, 0.5) is 5.00 Å². The molecule has 7 heteroatoms. The smallest absolute Gasteiger partial charge is 0.257 e. The van der Waals surface area contributed by atoms with Crippen molar-refractivity contribution >= 4 is 33.8 Å². The number of nitrogens with two attached hydrogens (primary N) is 1. The van der Waals surface area contributed by atoms with Gasteiger partial charge in [-0.2, -0.15) is 0 Å². The molecule has 0 saturated carbocycles.